The van der Waals surface area contributed by atoms with Crippen LogP contribution >= 0.6 is 27.5 Å². The van der Waals surface area contributed by atoms with Crippen LogP contribution in [-0.4, -0.2) is 28.4 Å². The average Bonchev–Trinajstić information content (AvgIpc) is 3.39. The molecule has 0 spiro atoms. The molecular weight excluding hydrogens is 627 g/mol. The lowest BCUT2D eigenvalue weighted by Gasteiger charge is -2.10. The molecule has 0 fully saturated rings. The highest BCUT2D eigenvalue weighted by atomic mass is 79.9. The molecule has 0 atom stereocenters. The number of aromatic nitrogens is 2. The van der Waals surface area contributed by atoms with Crippen LogP contribution in [0.2, 0.25) is 5.02 Å². The van der Waals surface area contributed by atoms with Gasteiger partial charge >= 0.3 is 0 Å². The number of furan rings is 1. The van der Waals surface area contributed by atoms with Crippen LogP contribution < -0.4 is 15.6 Å². The predicted molar refractivity (Wildman–Crippen MR) is 164 cm³/mol. The molecule has 4 aromatic carbocycles. The number of halogens is 3. The lowest BCUT2D eigenvalue weighted by Crippen LogP contribution is -2.20. The third-order valence-corrected chi connectivity index (χ3v) is 6.99. The second-order valence-electron chi connectivity index (χ2n) is 9.14. The van der Waals surface area contributed by atoms with E-state index >= 15 is 0 Å². The maximum absolute atomic E-state index is 13.5. The Morgan fingerprint density at radius 1 is 1.07 bits per heavy atom. The molecule has 1 amide bonds. The number of rotatable bonds is 7. The molecule has 11 heteroatoms. The van der Waals surface area contributed by atoms with Gasteiger partial charge in [0.15, 0.2) is 12.4 Å². The van der Waals surface area contributed by atoms with Gasteiger partial charge in [-0.05, 0) is 78.4 Å². The molecule has 0 aliphatic heterocycles. The summed E-state index contributed by atoms with van der Waals surface area (Å²) in [4.78, 5) is 30.4. The standard InChI is InChI=1S/C31H19BrClFN4O4/c32-20-9-11-26-19(13-20)14-28(42-26)30-37-25-7-2-1-6-23(25)31(40)38(30)35-16-18-8-10-27(24(33)12-18)41-17-29(39)36-22-5-3-4-21(34)15-22/h1-16H,17H2,(H,36,39). The number of anilines is 1. The van der Waals surface area contributed by atoms with Gasteiger partial charge in [-0.25, -0.2) is 9.37 Å². The van der Waals surface area contributed by atoms with Gasteiger partial charge in [-0.2, -0.15) is 9.78 Å². The van der Waals surface area contributed by atoms with E-state index in [0.717, 1.165) is 9.86 Å². The number of nitrogens with zero attached hydrogens (tertiary/aromatic N) is 3. The van der Waals surface area contributed by atoms with Crippen molar-refractivity contribution in [2.45, 2.75) is 0 Å². The maximum Gasteiger partial charge on any atom is 0.282 e. The van der Waals surface area contributed by atoms with E-state index in [1.165, 1.54) is 29.1 Å². The van der Waals surface area contributed by atoms with Crippen LogP contribution in [0.15, 0.2) is 110 Å². The quantitative estimate of drug-likeness (QED) is 0.184. The smallest absolute Gasteiger partial charge is 0.282 e. The Balaban J connectivity index is 1.27. The second-order valence-corrected chi connectivity index (χ2v) is 10.5. The summed E-state index contributed by atoms with van der Waals surface area (Å²) >= 11 is 9.86. The van der Waals surface area contributed by atoms with Crippen LogP contribution in [-0.2, 0) is 4.79 Å². The number of benzene rings is 4. The summed E-state index contributed by atoms with van der Waals surface area (Å²) in [6, 6.07) is 24.8. The Kier molecular flexibility index (Phi) is 7.56. The molecule has 6 rings (SSSR count). The van der Waals surface area contributed by atoms with Gasteiger partial charge in [-0.3, -0.25) is 9.59 Å². The Morgan fingerprint density at radius 2 is 1.93 bits per heavy atom. The van der Waals surface area contributed by atoms with Gasteiger partial charge in [0.2, 0.25) is 5.82 Å². The Morgan fingerprint density at radius 3 is 2.76 bits per heavy atom. The normalized spacial score (nSPS) is 11.4. The number of hydrogen-bond donors (Lipinski definition) is 1. The maximum atomic E-state index is 13.5. The third-order valence-electron chi connectivity index (χ3n) is 6.20. The number of hydrogen-bond acceptors (Lipinski definition) is 6. The third kappa shape index (κ3) is 5.81. The summed E-state index contributed by atoms with van der Waals surface area (Å²) in [6.07, 6.45) is 1.47. The van der Waals surface area contributed by atoms with Crippen molar-refractivity contribution < 1.29 is 18.3 Å². The van der Waals surface area contributed by atoms with Gasteiger partial charge in [0.25, 0.3) is 11.5 Å². The molecule has 2 heterocycles. The fourth-order valence-electron chi connectivity index (χ4n) is 4.26. The van der Waals surface area contributed by atoms with E-state index in [2.05, 4.69) is 31.3 Å². The van der Waals surface area contributed by atoms with Crippen LogP contribution in [0.5, 0.6) is 5.75 Å². The van der Waals surface area contributed by atoms with Crippen molar-refractivity contribution in [3.63, 3.8) is 0 Å². The van der Waals surface area contributed by atoms with Crippen molar-refractivity contribution in [2.75, 3.05) is 11.9 Å². The van der Waals surface area contributed by atoms with E-state index in [4.69, 9.17) is 20.8 Å². The van der Waals surface area contributed by atoms with Crippen LogP contribution in [0, 0.1) is 5.82 Å². The lowest BCUT2D eigenvalue weighted by atomic mass is 10.2. The first-order chi connectivity index (χ1) is 20.3. The van der Waals surface area contributed by atoms with E-state index in [1.54, 1.807) is 54.6 Å². The second kappa shape index (κ2) is 11.6. The molecule has 0 aliphatic carbocycles. The van der Waals surface area contributed by atoms with Crippen molar-refractivity contribution in [1.82, 2.24) is 9.66 Å². The van der Waals surface area contributed by atoms with Gasteiger partial charge in [0, 0.05) is 15.5 Å². The van der Waals surface area contributed by atoms with Crippen molar-refractivity contribution in [3.8, 4) is 17.3 Å². The minimum absolute atomic E-state index is 0.226. The van der Waals surface area contributed by atoms with E-state index in [-0.39, 0.29) is 28.8 Å². The molecule has 0 aliphatic rings. The van der Waals surface area contributed by atoms with E-state index in [0.29, 0.717) is 33.5 Å². The van der Waals surface area contributed by atoms with Gasteiger partial charge in [0.05, 0.1) is 22.1 Å². The highest BCUT2D eigenvalue weighted by Crippen LogP contribution is 2.29. The highest BCUT2D eigenvalue weighted by molar-refractivity contribution is 9.10. The molecule has 0 unspecified atom stereocenters. The van der Waals surface area contributed by atoms with Gasteiger partial charge in [0.1, 0.15) is 17.1 Å². The number of para-hydroxylation sites is 1. The molecule has 0 saturated carbocycles. The largest absolute Gasteiger partial charge is 0.482 e. The summed E-state index contributed by atoms with van der Waals surface area (Å²) in [6.45, 7) is -0.334. The predicted octanol–water partition coefficient (Wildman–Crippen LogP) is 7.26. The first-order valence-electron chi connectivity index (χ1n) is 12.6. The van der Waals surface area contributed by atoms with Crippen LogP contribution in [0.4, 0.5) is 10.1 Å². The molecule has 0 saturated heterocycles. The van der Waals surface area contributed by atoms with Crippen molar-refractivity contribution in [2.24, 2.45) is 5.10 Å². The monoisotopic (exact) mass is 644 g/mol. The van der Waals surface area contributed by atoms with Gasteiger partial charge < -0.3 is 14.5 Å². The van der Waals surface area contributed by atoms with Crippen molar-refractivity contribution in [1.29, 1.82) is 0 Å². The lowest BCUT2D eigenvalue weighted by molar-refractivity contribution is -0.118. The molecule has 1 N–H and O–H groups in total. The molecular formula is C31H19BrClFN4O4. The molecule has 2 aromatic heterocycles. The van der Waals surface area contributed by atoms with Crippen molar-refractivity contribution >= 4 is 67.2 Å². The number of carbonyl (C=O) groups excluding carboxylic acids is 1. The zero-order valence-electron chi connectivity index (χ0n) is 21.6. The summed E-state index contributed by atoms with van der Waals surface area (Å²) in [5, 5.41) is 8.46. The number of carbonyl (C=O) groups is 1. The zero-order chi connectivity index (χ0) is 29.2. The molecule has 6 aromatic rings. The summed E-state index contributed by atoms with van der Waals surface area (Å²) < 4.78 is 27.0. The molecule has 42 heavy (non-hydrogen) atoms. The molecule has 0 radical (unpaired) electrons. The first-order valence-corrected chi connectivity index (χ1v) is 13.7. The van der Waals surface area contributed by atoms with Crippen LogP contribution in [0.1, 0.15) is 5.56 Å². The first kappa shape index (κ1) is 27.4. The average molecular weight is 646 g/mol. The number of nitrogens with one attached hydrogen (secondary N) is 1. The minimum Gasteiger partial charge on any atom is -0.482 e. The van der Waals surface area contributed by atoms with Crippen LogP contribution in [0.25, 0.3) is 33.5 Å². The topological polar surface area (TPSA) is 98.7 Å². The Hall–Kier alpha value is -4.80. The number of ether oxygens (including phenoxy) is 1. The molecule has 0 bridgehead atoms. The van der Waals surface area contributed by atoms with Gasteiger partial charge in [-0.15, -0.1) is 0 Å². The number of amides is 1. The summed E-state index contributed by atoms with van der Waals surface area (Å²) in [5.41, 5.74) is 1.66. The highest BCUT2D eigenvalue weighted by Gasteiger charge is 2.17. The summed E-state index contributed by atoms with van der Waals surface area (Å²) in [7, 11) is 0. The minimum atomic E-state index is -0.476. The van der Waals surface area contributed by atoms with Gasteiger partial charge in [-0.1, -0.05) is 45.7 Å². The number of fused-ring (bicyclic) bond motifs is 2. The zero-order valence-corrected chi connectivity index (χ0v) is 23.9. The van der Waals surface area contributed by atoms with Crippen LogP contribution in [0.3, 0.4) is 0 Å². The SMILES string of the molecule is O=C(COc1ccc(C=Nn2c(-c3cc4cc(Br)ccc4o3)nc3ccccc3c2=O)cc1Cl)Nc1cccc(F)c1. The Labute approximate surface area is 251 Å². The fourth-order valence-corrected chi connectivity index (χ4v) is 4.88. The van der Waals surface area contributed by atoms with E-state index in [1.807, 2.05) is 18.2 Å². The fraction of sp³-hybridized carbons (Fsp3) is 0.0323. The molecule has 208 valence electrons. The van der Waals surface area contributed by atoms with E-state index < -0.39 is 11.7 Å². The summed E-state index contributed by atoms with van der Waals surface area (Å²) in [5.74, 6) is -0.0643. The van der Waals surface area contributed by atoms with Crippen molar-refractivity contribution in [3.05, 3.63) is 122 Å². The Bertz CT molecular complexity index is 2070. The molecule has 8 nitrogen and oxygen atoms in total. The van der Waals surface area contributed by atoms with E-state index in [9.17, 15) is 14.0 Å².